The van der Waals surface area contributed by atoms with Gasteiger partial charge in [-0.05, 0) is 12.0 Å². The van der Waals surface area contributed by atoms with Crippen LogP contribution in [0.5, 0.6) is 0 Å². The molecular weight excluding hydrogens is 420 g/mol. The van der Waals surface area contributed by atoms with Crippen LogP contribution in [0, 0.1) is 10.1 Å². The molecule has 0 aliphatic heterocycles. The van der Waals surface area contributed by atoms with Crippen molar-refractivity contribution >= 4 is 20.3 Å². The molecule has 7 heteroatoms. The Balaban J connectivity index is 2.35. The molecule has 0 fully saturated rings. The van der Waals surface area contributed by atoms with E-state index in [2.05, 4.69) is 51.9 Å². The summed E-state index contributed by atoms with van der Waals surface area (Å²) in [5.41, 5.74) is 2.27. The first kappa shape index (κ1) is 25.5. The van der Waals surface area contributed by atoms with Crippen molar-refractivity contribution < 1.29 is 13.9 Å². The smallest absolute Gasteiger partial charge is 0.420 e. The Kier molecular flexibility index (Phi) is 9.81. The molecule has 1 unspecified atom stereocenters. The van der Waals surface area contributed by atoms with E-state index in [4.69, 9.17) is 8.95 Å². The van der Waals surface area contributed by atoms with Crippen LogP contribution in [0.4, 0.5) is 0 Å². The van der Waals surface area contributed by atoms with Gasteiger partial charge in [-0.15, -0.1) is 0 Å². The molecule has 172 valence electrons. The Hall–Kier alpha value is -2.77. The zero-order chi connectivity index (χ0) is 23.6. The van der Waals surface area contributed by atoms with Crippen molar-refractivity contribution in [2.24, 2.45) is 5.16 Å². The van der Waals surface area contributed by atoms with Crippen LogP contribution < -0.4 is 0 Å². The topological polar surface area (TPSA) is 74.0 Å². The summed E-state index contributed by atoms with van der Waals surface area (Å²) in [5.74, 6) is 0. The number of nitro groups is 1. The van der Waals surface area contributed by atoms with Crippen LogP contribution in [-0.4, -0.2) is 31.8 Å². The molecular formula is C25H34N2O4Si. The summed E-state index contributed by atoms with van der Waals surface area (Å²) in [7, 11) is -2.88. The average Bonchev–Trinajstić information content (AvgIpc) is 2.78. The average molecular weight is 455 g/mol. The van der Waals surface area contributed by atoms with E-state index in [1.165, 1.54) is 0 Å². The zero-order valence-corrected chi connectivity index (χ0v) is 20.6. The van der Waals surface area contributed by atoms with E-state index in [1.54, 1.807) is 12.1 Å². The second-order valence-electron chi connectivity index (χ2n) is 8.35. The molecule has 0 amide bonds. The molecule has 0 bridgehead atoms. The van der Waals surface area contributed by atoms with Gasteiger partial charge in [0.25, 0.3) is 0 Å². The third-order valence-corrected chi connectivity index (χ3v) is 9.60. The minimum atomic E-state index is -2.88. The summed E-state index contributed by atoms with van der Waals surface area (Å²) in [6.45, 7) is 9.97. The summed E-state index contributed by atoms with van der Waals surface area (Å²) < 4.78 is 12.9. The number of rotatable bonds is 12. The van der Waals surface area contributed by atoms with Crippen molar-refractivity contribution in [2.75, 3.05) is 6.54 Å². The maximum atomic E-state index is 11.3. The SMILES string of the molecule is CCC(/C=C/c1ccccc1)O[Si](O/N=C(\C[N+](=O)[O-])c1ccccc1)(C(C)C)C(C)C. The third-order valence-electron chi connectivity index (χ3n) is 5.33. The van der Waals surface area contributed by atoms with Gasteiger partial charge in [0.1, 0.15) is 0 Å². The highest BCUT2D eigenvalue weighted by atomic mass is 28.4. The number of oxime groups is 1. The van der Waals surface area contributed by atoms with Gasteiger partial charge < -0.3 is 8.95 Å². The van der Waals surface area contributed by atoms with Gasteiger partial charge in [0.05, 0.1) is 6.10 Å². The van der Waals surface area contributed by atoms with Gasteiger partial charge in [0.15, 0.2) is 5.71 Å². The quantitative estimate of drug-likeness (QED) is 0.160. The fourth-order valence-corrected chi connectivity index (χ4v) is 6.81. The molecule has 6 nitrogen and oxygen atoms in total. The van der Waals surface area contributed by atoms with E-state index >= 15 is 0 Å². The van der Waals surface area contributed by atoms with Crippen molar-refractivity contribution in [1.29, 1.82) is 0 Å². The molecule has 0 radical (unpaired) electrons. The van der Waals surface area contributed by atoms with Crippen molar-refractivity contribution in [3.8, 4) is 0 Å². The van der Waals surface area contributed by atoms with E-state index in [9.17, 15) is 10.1 Å². The van der Waals surface area contributed by atoms with Crippen LogP contribution in [0.2, 0.25) is 11.1 Å². The Bertz CT molecular complexity index is 891. The van der Waals surface area contributed by atoms with Gasteiger partial charge in [-0.25, -0.2) is 0 Å². The van der Waals surface area contributed by atoms with Crippen LogP contribution in [0.1, 0.15) is 52.2 Å². The Morgan fingerprint density at radius 1 is 1.03 bits per heavy atom. The molecule has 0 heterocycles. The second-order valence-corrected chi connectivity index (χ2v) is 12.5. The Labute approximate surface area is 192 Å². The van der Waals surface area contributed by atoms with Crippen molar-refractivity contribution in [3.63, 3.8) is 0 Å². The number of benzene rings is 2. The number of nitrogens with zero attached hydrogens (tertiary/aromatic N) is 2. The van der Waals surface area contributed by atoms with Crippen molar-refractivity contribution in [3.05, 3.63) is 88.0 Å². The summed E-state index contributed by atoms with van der Waals surface area (Å²) >= 11 is 0. The van der Waals surface area contributed by atoms with Crippen LogP contribution in [0.15, 0.2) is 71.9 Å². The first-order chi connectivity index (χ1) is 15.3. The summed E-state index contributed by atoms with van der Waals surface area (Å²) in [6.07, 6.45) is 4.76. The number of hydrogen-bond donors (Lipinski definition) is 0. The fraction of sp³-hybridized carbons (Fsp3) is 0.400. The van der Waals surface area contributed by atoms with E-state index in [-0.39, 0.29) is 22.1 Å². The lowest BCUT2D eigenvalue weighted by Gasteiger charge is -2.37. The maximum absolute atomic E-state index is 11.3. The molecule has 0 spiro atoms. The maximum Gasteiger partial charge on any atom is 0.432 e. The Morgan fingerprint density at radius 3 is 2.09 bits per heavy atom. The van der Waals surface area contributed by atoms with Gasteiger partial charge in [-0.2, -0.15) is 0 Å². The first-order valence-electron chi connectivity index (χ1n) is 11.1. The van der Waals surface area contributed by atoms with Gasteiger partial charge in [-0.3, -0.25) is 10.1 Å². The fourth-order valence-electron chi connectivity index (χ4n) is 3.50. The van der Waals surface area contributed by atoms with E-state index in [0.29, 0.717) is 11.3 Å². The highest BCUT2D eigenvalue weighted by molar-refractivity contribution is 6.70. The molecule has 2 aromatic rings. The highest BCUT2D eigenvalue weighted by Crippen LogP contribution is 2.36. The predicted octanol–water partition coefficient (Wildman–Crippen LogP) is 6.45. The summed E-state index contributed by atoms with van der Waals surface area (Å²) in [6, 6.07) is 19.2. The molecule has 2 rings (SSSR count). The van der Waals surface area contributed by atoms with E-state index in [0.717, 1.165) is 12.0 Å². The normalized spacial score (nSPS) is 13.7. The largest absolute Gasteiger partial charge is 0.432 e. The predicted molar refractivity (Wildman–Crippen MR) is 133 cm³/mol. The first-order valence-corrected chi connectivity index (χ1v) is 13.1. The van der Waals surface area contributed by atoms with E-state index < -0.39 is 15.1 Å². The summed E-state index contributed by atoms with van der Waals surface area (Å²) in [5, 5.41) is 15.6. The van der Waals surface area contributed by atoms with Gasteiger partial charge in [-0.1, -0.05) is 113 Å². The standard InChI is InChI=1S/C25H34N2O4Si/c1-6-24(18-17-22-13-9-7-10-14-22)30-32(20(2)3,21(4)5)31-26-25(19-27(28)29)23-15-11-8-12-16-23/h7-18,20-21,24H,6,19H2,1-5H3/b18-17+,26-25+. The lowest BCUT2D eigenvalue weighted by Crippen LogP contribution is -2.49. The molecule has 1 atom stereocenters. The molecule has 0 aliphatic carbocycles. The molecule has 32 heavy (non-hydrogen) atoms. The minimum Gasteiger partial charge on any atom is -0.420 e. The van der Waals surface area contributed by atoms with Crippen molar-refractivity contribution in [2.45, 2.75) is 58.2 Å². The van der Waals surface area contributed by atoms with Gasteiger partial charge >= 0.3 is 8.56 Å². The molecule has 0 N–H and O–H groups in total. The monoisotopic (exact) mass is 454 g/mol. The minimum absolute atomic E-state index is 0.0954. The molecule has 0 saturated heterocycles. The lowest BCUT2D eigenvalue weighted by molar-refractivity contribution is -0.463. The van der Waals surface area contributed by atoms with Crippen LogP contribution in [0.25, 0.3) is 6.08 Å². The van der Waals surface area contributed by atoms with Crippen LogP contribution in [0.3, 0.4) is 0 Å². The lowest BCUT2D eigenvalue weighted by atomic mass is 10.1. The Morgan fingerprint density at radius 2 is 1.59 bits per heavy atom. The second kappa shape index (κ2) is 12.3. The van der Waals surface area contributed by atoms with E-state index in [1.807, 2.05) is 48.5 Å². The summed E-state index contributed by atoms with van der Waals surface area (Å²) in [4.78, 5) is 10.9. The molecule has 0 aliphatic rings. The van der Waals surface area contributed by atoms with Gasteiger partial charge in [0.2, 0.25) is 6.54 Å². The highest BCUT2D eigenvalue weighted by Gasteiger charge is 2.49. The third kappa shape index (κ3) is 7.14. The van der Waals surface area contributed by atoms with Crippen molar-refractivity contribution in [1.82, 2.24) is 0 Å². The van der Waals surface area contributed by atoms with Gasteiger partial charge in [0, 0.05) is 21.6 Å². The molecule has 0 aromatic heterocycles. The van der Waals surface area contributed by atoms with Crippen LogP contribution in [-0.2, 0) is 8.95 Å². The zero-order valence-electron chi connectivity index (χ0n) is 19.6. The molecule has 2 aromatic carbocycles. The number of hydrogen-bond acceptors (Lipinski definition) is 5. The molecule has 0 saturated carbocycles. The van der Waals surface area contributed by atoms with Crippen LogP contribution >= 0.6 is 0 Å².